The number of anilines is 1. The summed E-state index contributed by atoms with van der Waals surface area (Å²) in [5, 5.41) is 2.76. The molecule has 0 aliphatic carbocycles. The van der Waals surface area contributed by atoms with Gasteiger partial charge in [-0.1, -0.05) is 0 Å². The number of primary amides is 1. The maximum atomic E-state index is 12.1. The molecule has 108 valence electrons. The van der Waals surface area contributed by atoms with Gasteiger partial charge in [0, 0.05) is 0 Å². The zero-order chi connectivity index (χ0) is 15.4. The molecule has 6 heteroatoms. The Kier molecular flexibility index (Phi) is 4.65. The van der Waals surface area contributed by atoms with Crippen LogP contribution in [0.3, 0.4) is 0 Å². The third kappa shape index (κ3) is 3.64. The standard InChI is InChI=1S/C15H15AsN2O3/c1-21-13-7-4-10(8-12(13)16)15(20)18-11-5-2-9(3-6-11)14(17)19/h2-8H,16H2,1H3,(H2,17,19)(H,18,20). The van der Waals surface area contributed by atoms with Crippen LogP contribution in [-0.2, 0) is 0 Å². The average molecular weight is 346 g/mol. The first kappa shape index (κ1) is 15.1. The van der Waals surface area contributed by atoms with Crippen LogP contribution in [0.15, 0.2) is 42.5 Å². The van der Waals surface area contributed by atoms with Crippen molar-refractivity contribution in [3.8, 4) is 5.75 Å². The van der Waals surface area contributed by atoms with Crippen LogP contribution < -0.4 is 20.1 Å². The third-order valence-electron chi connectivity index (χ3n) is 2.92. The number of ether oxygens (including phenoxy) is 1. The van der Waals surface area contributed by atoms with Crippen LogP contribution >= 0.6 is 0 Å². The van der Waals surface area contributed by atoms with Crippen molar-refractivity contribution in [2.75, 3.05) is 12.4 Å². The van der Waals surface area contributed by atoms with Crippen LogP contribution in [0.2, 0.25) is 0 Å². The van der Waals surface area contributed by atoms with Crippen LogP contribution in [0.25, 0.3) is 0 Å². The van der Waals surface area contributed by atoms with Crippen LogP contribution in [0.4, 0.5) is 5.69 Å². The minimum absolute atomic E-state index is 0.219. The molecule has 1 unspecified atom stereocenters. The first-order chi connectivity index (χ1) is 10.0. The van der Waals surface area contributed by atoms with E-state index in [1.54, 1.807) is 49.6 Å². The molecule has 2 rings (SSSR count). The number of carbonyl (C=O) groups excluding carboxylic acids is 2. The van der Waals surface area contributed by atoms with Crippen LogP contribution in [0.5, 0.6) is 5.75 Å². The summed E-state index contributed by atoms with van der Waals surface area (Å²) in [7, 11) is 1.60. The minimum atomic E-state index is -0.499. The second-order valence-electron chi connectivity index (χ2n) is 4.35. The van der Waals surface area contributed by atoms with E-state index < -0.39 is 5.91 Å². The molecule has 2 amide bonds. The Labute approximate surface area is 131 Å². The molecule has 0 saturated carbocycles. The molecule has 0 bridgehead atoms. The predicted octanol–water partition coefficient (Wildman–Crippen LogP) is 0.305. The Hall–Kier alpha value is -2.26. The molecule has 0 radical (unpaired) electrons. The summed E-state index contributed by atoms with van der Waals surface area (Å²) in [6.07, 6.45) is 0. The second kappa shape index (κ2) is 6.46. The van der Waals surface area contributed by atoms with Gasteiger partial charge in [-0.15, -0.1) is 0 Å². The Bertz CT molecular complexity index is 684. The number of nitrogens with one attached hydrogen (secondary N) is 1. The van der Waals surface area contributed by atoms with Crippen molar-refractivity contribution in [3.63, 3.8) is 0 Å². The Morgan fingerprint density at radius 3 is 2.24 bits per heavy atom. The number of carbonyl (C=O) groups is 2. The summed E-state index contributed by atoms with van der Waals surface area (Å²) in [5.74, 6) is 0.0432. The molecule has 0 aliphatic heterocycles. The zero-order valence-electron chi connectivity index (χ0n) is 11.4. The van der Waals surface area contributed by atoms with Crippen LogP contribution in [0.1, 0.15) is 20.7 Å². The second-order valence-corrected chi connectivity index (χ2v) is 5.66. The van der Waals surface area contributed by atoms with Gasteiger partial charge >= 0.3 is 131 Å². The first-order valence-electron chi connectivity index (χ1n) is 6.16. The van der Waals surface area contributed by atoms with E-state index in [0.717, 1.165) is 10.1 Å². The zero-order valence-corrected chi connectivity index (χ0v) is 13.8. The van der Waals surface area contributed by atoms with Crippen molar-refractivity contribution < 1.29 is 14.3 Å². The monoisotopic (exact) mass is 346 g/mol. The number of rotatable bonds is 4. The van der Waals surface area contributed by atoms with Gasteiger partial charge in [0.05, 0.1) is 0 Å². The van der Waals surface area contributed by atoms with Crippen molar-refractivity contribution >= 4 is 38.7 Å². The Morgan fingerprint density at radius 1 is 1.10 bits per heavy atom. The van der Waals surface area contributed by atoms with Gasteiger partial charge in [-0.3, -0.25) is 0 Å². The van der Waals surface area contributed by atoms with Gasteiger partial charge in [0.1, 0.15) is 0 Å². The van der Waals surface area contributed by atoms with E-state index in [2.05, 4.69) is 5.32 Å². The molecule has 0 aromatic heterocycles. The van der Waals surface area contributed by atoms with Crippen molar-refractivity contribution in [1.82, 2.24) is 0 Å². The quantitative estimate of drug-likeness (QED) is 0.782. The van der Waals surface area contributed by atoms with Crippen molar-refractivity contribution in [2.45, 2.75) is 0 Å². The molecule has 3 N–H and O–H groups in total. The van der Waals surface area contributed by atoms with Gasteiger partial charge in [0.25, 0.3) is 0 Å². The van der Waals surface area contributed by atoms with Gasteiger partial charge < -0.3 is 0 Å². The fourth-order valence-corrected chi connectivity index (χ4v) is 2.62. The van der Waals surface area contributed by atoms with Gasteiger partial charge in [-0.25, -0.2) is 0 Å². The molecule has 0 fully saturated rings. The number of hydrogen-bond donors (Lipinski definition) is 2. The van der Waals surface area contributed by atoms with E-state index in [9.17, 15) is 9.59 Å². The molecular formula is C15H15AsN2O3. The maximum absolute atomic E-state index is 12.1. The first-order valence-corrected chi connectivity index (χ1v) is 7.37. The molecule has 5 nitrogen and oxygen atoms in total. The number of nitrogens with two attached hydrogens (primary N) is 1. The van der Waals surface area contributed by atoms with Gasteiger partial charge in [0.15, 0.2) is 0 Å². The number of hydrogen-bond acceptors (Lipinski definition) is 3. The number of amides is 2. The fourth-order valence-electron chi connectivity index (χ4n) is 1.80. The van der Waals surface area contributed by atoms with E-state index in [1.807, 2.05) is 0 Å². The van der Waals surface area contributed by atoms with Crippen molar-refractivity contribution in [2.24, 2.45) is 5.73 Å². The fraction of sp³-hybridized carbons (Fsp3) is 0.0667. The van der Waals surface area contributed by atoms with E-state index in [0.29, 0.717) is 16.8 Å². The van der Waals surface area contributed by atoms with Gasteiger partial charge in [-0.05, 0) is 0 Å². The summed E-state index contributed by atoms with van der Waals surface area (Å²) in [6, 6.07) is 11.7. The van der Waals surface area contributed by atoms with E-state index >= 15 is 0 Å². The van der Waals surface area contributed by atoms with Crippen LogP contribution in [0, 0.1) is 0 Å². The summed E-state index contributed by atoms with van der Waals surface area (Å²) in [6.45, 7) is 0. The number of methoxy groups -OCH3 is 1. The summed E-state index contributed by atoms with van der Waals surface area (Å²) in [5.41, 5.74) is 6.71. The predicted molar refractivity (Wildman–Crippen MR) is 84.1 cm³/mol. The molecule has 1 atom stereocenters. The average Bonchev–Trinajstić information content (AvgIpc) is 2.47. The molecule has 2 aromatic carbocycles. The third-order valence-corrected chi connectivity index (χ3v) is 3.87. The normalized spacial score (nSPS) is 10.0. The van der Waals surface area contributed by atoms with E-state index in [4.69, 9.17) is 10.5 Å². The van der Waals surface area contributed by atoms with E-state index in [1.165, 1.54) is 16.9 Å². The van der Waals surface area contributed by atoms with Gasteiger partial charge in [0.2, 0.25) is 0 Å². The molecule has 2 aromatic rings. The molecular weight excluding hydrogens is 331 g/mol. The Morgan fingerprint density at radius 2 is 1.71 bits per heavy atom. The summed E-state index contributed by atoms with van der Waals surface area (Å²) in [4.78, 5) is 23.1. The van der Waals surface area contributed by atoms with Gasteiger partial charge in [-0.2, -0.15) is 0 Å². The summed E-state index contributed by atoms with van der Waals surface area (Å²) >= 11 is 1.39. The van der Waals surface area contributed by atoms with E-state index in [-0.39, 0.29) is 5.91 Å². The molecule has 0 aliphatic rings. The molecule has 0 heterocycles. The molecule has 21 heavy (non-hydrogen) atoms. The van der Waals surface area contributed by atoms with Crippen molar-refractivity contribution in [1.29, 1.82) is 0 Å². The SMILES string of the molecule is COc1ccc(C(=O)Nc2ccc(C(N)=O)cc2)cc1[AsH2]. The van der Waals surface area contributed by atoms with Crippen molar-refractivity contribution in [3.05, 3.63) is 53.6 Å². The molecule has 0 saturated heterocycles. The van der Waals surface area contributed by atoms with Crippen LogP contribution in [-0.4, -0.2) is 35.8 Å². The number of benzene rings is 2. The molecule has 0 spiro atoms. The summed E-state index contributed by atoms with van der Waals surface area (Å²) < 4.78 is 6.12. The topological polar surface area (TPSA) is 81.4 Å². The Balaban J connectivity index is 2.14.